The Bertz CT molecular complexity index is 452. The minimum absolute atomic E-state index is 0.0164. The summed E-state index contributed by atoms with van der Waals surface area (Å²) in [4.78, 5) is 11.8. The topological polar surface area (TPSA) is 64.3 Å². The number of hydrogen-bond acceptors (Lipinski definition) is 3. The predicted molar refractivity (Wildman–Crippen MR) is 71.6 cm³/mol. The van der Waals surface area contributed by atoms with E-state index < -0.39 is 5.54 Å². The molecule has 3 N–H and O–H groups in total. The lowest BCUT2D eigenvalue weighted by Crippen LogP contribution is -2.59. The van der Waals surface area contributed by atoms with E-state index in [2.05, 4.69) is 5.32 Å². The molecular formula is C13H17ClN2O2. The van der Waals surface area contributed by atoms with Gasteiger partial charge in [-0.15, -0.1) is 0 Å². The first-order chi connectivity index (χ1) is 8.54. The summed E-state index contributed by atoms with van der Waals surface area (Å²) < 4.78 is 5.37. The van der Waals surface area contributed by atoms with E-state index in [-0.39, 0.29) is 11.8 Å². The Morgan fingerprint density at radius 1 is 1.61 bits per heavy atom. The molecular weight excluding hydrogens is 252 g/mol. The molecule has 1 fully saturated rings. The van der Waals surface area contributed by atoms with Crippen LogP contribution in [0.2, 0.25) is 5.02 Å². The van der Waals surface area contributed by atoms with Crippen molar-refractivity contribution in [2.45, 2.75) is 18.9 Å². The van der Waals surface area contributed by atoms with Crippen LogP contribution in [0.3, 0.4) is 0 Å². The molecule has 1 aromatic carbocycles. The van der Waals surface area contributed by atoms with E-state index in [0.717, 1.165) is 5.69 Å². The maximum Gasteiger partial charge on any atom is 0.243 e. The molecule has 1 aliphatic heterocycles. The Morgan fingerprint density at radius 3 is 3.00 bits per heavy atom. The summed E-state index contributed by atoms with van der Waals surface area (Å²) in [6.45, 7) is 3.01. The molecule has 0 aromatic heterocycles. The maximum atomic E-state index is 11.8. The first-order valence-electron chi connectivity index (χ1n) is 5.96. The Kier molecular flexibility index (Phi) is 3.78. The summed E-state index contributed by atoms with van der Waals surface area (Å²) in [6, 6.07) is 7.29. The number of benzene rings is 1. The van der Waals surface area contributed by atoms with Gasteiger partial charge in [-0.25, -0.2) is 0 Å². The molecule has 5 heteroatoms. The van der Waals surface area contributed by atoms with Crippen molar-refractivity contribution in [1.29, 1.82) is 0 Å². The molecule has 2 unspecified atom stereocenters. The number of nitrogens with one attached hydrogen (secondary N) is 1. The largest absolute Gasteiger partial charge is 0.381 e. The molecule has 0 spiro atoms. The van der Waals surface area contributed by atoms with Gasteiger partial charge in [0, 0.05) is 29.7 Å². The minimum atomic E-state index is -0.761. The molecule has 1 heterocycles. The van der Waals surface area contributed by atoms with Crippen LogP contribution in [0, 0.1) is 5.92 Å². The van der Waals surface area contributed by atoms with E-state index in [0.29, 0.717) is 24.7 Å². The number of ether oxygens (including phenoxy) is 1. The van der Waals surface area contributed by atoms with Gasteiger partial charge in [-0.2, -0.15) is 0 Å². The second-order valence-corrected chi connectivity index (χ2v) is 5.13. The number of primary amides is 1. The Labute approximate surface area is 111 Å². The smallest absolute Gasteiger partial charge is 0.243 e. The van der Waals surface area contributed by atoms with Crippen LogP contribution in [-0.2, 0) is 9.53 Å². The van der Waals surface area contributed by atoms with Crippen LogP contribution in [0.5, 0.6) is 0 Å². The zero-order chi connectivity index (χ0) is 13.2. The Hall–Kier alpha value is -1.26. The summed E-state index contributed by atoms with van der Waals surface area (Å²) in [5.74, 6) is -0.332. The maximum absolute atomic E-state index is 11.8. The molecule has 1 aliphatic rings. The average molecular weight is 269 g/mol. The van der Waals surface area contributed by atoms with E-state index >= 15 is 0 Å². The second kappa shape index (κ2) is 5.16. The van der Waals surface area contributed by atoms with Gasteiger partial charge in [0.25, 0.3) is 0 Å². The average Bonchev–Trinajstić information content (AvgIpc) is 2.32. The normalized spacial score (nSPS) is 27.8. The Morgan fingerprint density at radius 2 is 2.39 bits per heavy atom. The number of anilines is 1. The third-order valence-electron chi connectivity index (χ3n) is 3.48. The van der Waals surface area contributed by atoms with Crippen molar-refractivity contribution in [3.63, 3.8) is 0 Å². The summed E-state index contributed by atoms with van der Waals surface area (Å²) in [5.41, 5.74) is 5.63. The van der Waals surface area contributed by atoms with Crippen LogP contribution < -0.4 is 11.1 Å². The number of halogens is 1. The van der Waals surface area contributed by atoms with Gasteiger partial charge in [0.1, 0.15) is 5.54 Å². The number of carbonyl (C=O) groups excluding carboxylic acids is 1. The first kappa shape index (κ1) is 13.2. The van der Waals surface area contributed by atoms with E-state index in [1.54, 1.807) is 12.1 Å². The molecule has 1 amide bonds. The third-order valence-corrected chi connectivity index (χ3v) is 3.72. The summed E-state index contributed by atoms with van der Waals surface area (Å²) >= 11 is 5.94. The first-order valence-corrected chi connectivity index (χ1v) is 6.34. The second-order valence-electron chi connectivity index (χ2n) is 4.70. The lowest BCUT2D eigenvalue weighted by molar-refractivity contribution is -0.128. The lowest BCUT2D eigenvalue weighted by Gasteiger charge is -2.41. The zero-order valence-electron chi connectivity index (χ0n) is 10.3. The molecule has 4 nitrogen and oxygen atoms in total. The van der Waals surface area contributed by atoms with Gasteiger partial charge in [-0.1, -0.05) is 24.6 Å². The third kappa shape index (κ3) is 2.44. The Balaban J connectivity index is 2.28. The molecule has 0 aliphatic carbocycles. The number of nitrogens with two attached hydrogens (primary N) is 1. The molecule has 98 valence electrons. The van der Waals surface area contributed by atoms with Crippen LogP contribution in [-0.4, -0.2) is 24.7 Å². The van der Waals surface area contributed by atoms with Gasteiger partial charge in [0.15, 0.2) is 0 Å². The summed E-state index contributed by atoms with van der Waals surface area (Å²) in [6.07, 6.45) is 0.565. The van der Waals surface area contributed by atoms with Gasteiger partial charge in [0.2, 0.25) is 5.91 Å². The molecule has 0 bridgehead atoms. The van der Waals surface area contributed by atoms with Crippen LogP contribution in [0.25, 0.3) is 0 Å². The molecule has 0 saturated carbocycles. The summed E-state index contributed by atoms with van der Waals surface area (Å²) in [7, 11) is 0. The van der Waals surface area contributed by atoms with Crippen molar-refractivity contribution >= 4 is 23.2 Å². The fraction of sp³-hybridized carbons (Fsp3) is 0.462. The number of amides is 1. The minimum Gasteiger partial charge on any atom is -0.381 e. The van der Waals surface area contributed by atoms with Crippen LogP contribution in [0.4, 0.5) is 5.69 Å². The van der Waals surface area contributed by atoms with E-state index in [9.17, 15) is 4.79 Å². The number of rotatable bonds is 3. The predicted octanol–water partition coefficient (Wildman–Crippen LogP) is 2.03. The highest BCUT2D eigenvalue weighted by atomic mass is 35.5. The quantitative estimate of drug-likeness (QED) is 0.882. The van der Waals surface area contributed by atoms with E-state index in [1.807, 2.05) is 19.1 Å². The highest BCUT2D eigenvalue weighted by molar-refractivity contribution is 6.30. The standard InChI is InChI=1S/C13H17ClN2O2/c1-9-8-18-6-5-13(9,12(15)17)16-11-4-2-3-10(14)7-11/h2-4,7,9,16H,5-6,8H2,1H3,(H2,15,17). The van der Waals surface area contributed by atoms with Crippen LogP contribution >= 0.6 is 11.6 Å². The zero-order valence-corrected chi connectivity index (χ0v) is 11.0. The van der Waals surface area contributed by atoms with Crippen molar-refractivity contribution in [2.75, 3.05) is 18.5 Å². The molecule has 2 atom stereocenters. The SMILES string of the molecule is CC1COCCC1(Nc1cccc(Cl)c1)C(N)=O. The molecule has 0 radical (unpaired) electrons. The van der Waals surface area contributed by atoms with Gasteiger partial charge < -0.3 is 15.8 Å². The molecule has 18 heavy (non-hydrogen) atoms. The van der Waals surface area contributed by atoms with Crippen LogP contribution in [0.15, 0.2) is 24.3 Å². The van der Waals surface area contributed by atoms with Crippen molar-refractivity contribution in [3.05, 3.63) is 29.3 Å². The number of carbonyl (C=O) groups is 1. The van der Waals surface area contributed by atoms with Crippen LogP contribution in [0.1, 0.15) is 13.3 Å². The van der Waals surface area contributed by atoms with Crippen molar-refractivity contribution in [3.8, 4) is 0 Å². The van der Waals surface area contributed by atoms with E-state index in [4.69, 9.17) is 22.1 Å². The van der Waals surface area contributed by atoms with Crippen molar-refractivity contribution < 1.29 is 9.53 Å². The fourth-order valence-electron chi connectivity index (χ4n) is 2.32. The highest BCUT2D eigenvalue weighted by Crippen LogP contribution is 2.31. The fourth-order valence-corrected chi connectivity index (χ4v) is 2.51. The monoisotopic (exact) mass is 268 g/mol. The number of hydrogen-bond donors (Lipinski definition) is 2. The lowest BCUT2D eigenvalue weighted by atomic mass is 9.80. The van der Waals surface area contributed by atoms with Gasteiger partial charge in [-0.3, -0.25) is 4.79 Å². The molecule has 2 rings (SSSR count). The van der Waals surface area contributed by atoms with Gasteiger partial charge in [0.05, 0.1) is 6.61 Å². The van der Waals surface area contributed by atoms with Gasteiger partial charge >= 0.3 is 0 Å². The molecule has 1 aromatic rings. The highest BCUT2D eigenvalue weighted by Gasteiger charge is 2.44. The van der Waals surface area contributed by atoms with E-state index in [1.165, 1.54) is 0 Å². The van der Waals surface area contributed by atoms with Gasteiger partial charge in [-0.05, 0) is 18.2 Å². The van der Waals surface area contributed by atoms with Crippen molar-refractivity contribution in [1.82, 2.24) is 0 Å². The molecule has 1 saturated heterocycles. The summed E-state index contributed by atoms with van der Waals surface area (Å²) in [5, 5.41) is 3.87. The van der Waals surface area contributed by atoms with Crippen molar-refractivity contribution in [2.24, 2.45) is 11.7 Å².